The van der Waals surface area contributed by atoms with Crippen LogP contribution in [0.25, 0.3) is 16.6 Å². The number of aromatic nitrogens is 4. The van der Waals surface area contributed by atoms with Gasteiger partial charge in [0.2, 0.25) is 0 Å². The number of nitrogens with one attached hydrogen (secondary N) is 2. The standard InChI is InChI=1S/C26H28N6O2/c1-14-4-5-15(2)20(12-14)25(33)28-13-17-6-10-19(11-7-17)32-23-21(26(34)30-29-24(23)27)22(31-32)16(3)18-8-9-18/h4-7,10-12,16,18H,8-9,13H2,1-3H3,(H2,27,29)(H,28,33)(H,30,34). The van der Waals surface area contributed by atoms with Crippen LogP contribution in [0, 0.1) is 19.8 Å². The predicted octanol–water partition coefficient (Wildman–Crippen LogP) is 3.75. The van der Waals surface area contributed by atoms with E-state index in [0.29, 0.717) is 28.9 Å². The third-order valence-electron chi connectivity index (χ3n) is 6.69. The maximum atomic E-state index is 12.6. The molecule has 1 fully saturated rings. The van der Waals surface area contributed by atoms with Gasteiger partial charge in [-0.1, -0.05) is 36.8 Å². The average Bonchev–Trinajstić information content (AvgIpc) is 3.60. The van der Waals surface area contributed by atoms with Crippen LogP contribution < -0.4 is 16.6 Å². The van der Waals surface area contributed by atoms with Crippen molar-refractivity contribution in [1.29, 1.82) is 0 Å². The largest absolute Gasteiger partial charge is 0.380 e. The number of benzene rings is 2. The number of hydrogen-bond donors (Lipinski definition) is 3. The normalized spacial score (nSPS) is 14.3. The van der Waals surface area contributed by atoms with E-state index in [1.807, 2.05) is 56.3 Å². The van der Waals surface area contributed by atoms with Crippen molar-refractivity contribution in [2.24, 2.45) is 5.92 Å². The number of fused-ring (bicyclic) bond motifs is 1. The molecule has 0 bridgehead atoms. The van der Waals surface area contributed by atoms with Crippen molar-refractivity contribution < 1.29 is 4.79 Å². The van der Waals surface area contributed by atoms with Crippen molar-refractivity contribution in [2.75, 3.05) is 5.73 Å². The summed E-state index contributed by atoms with van der Waals surface area (Å²) < 4.78 is 1.71. The summed E-state index contributed by atoms with van der Waals surface area (Å²) in [5.41, 5.74) is 11.6. The molecule has 8 nitrogen and oxygen atoms in total. The molecule has 0 radical (unpaired) electrons. The van der Waals surface area contributed by atoms with E-state index in [9.17, 15) is 9.59 Å². The molecule has 1 unspecified atom stereocenters. The summed E-state index contributed by atoms with van der Waals surface area (Å²) in [5, 5.41) is 14.8. The van der Waals surface area contributed by atoms with Gasteiger partial charge in [-0.05, 0) is 61.9 Å². The Labute approximate surface area is 197 Å². The van der Waals surface area contributed by atoms with Crippen LogP contribution in [0.2, 0.25) is 0 Å². The van der Waals surface area contributed by atoms with Crippen LogP contribution in [0.1, 0.15) is 58.4 Å². The summed E-state index contributed by atoms with van der Waals surface area (Å²) in [4.78, 5) is 25.3. The summed E-state index contributed by atoms with van der Waals surface area (Å²) >= 11 is 0. The van der Waals surface area contributed by atoms with Crippen molar-refractivity contribution in [2.45, 2.75) is 46.1 Å². The number of hydrogen-bond acceptors (Lipinski definition) is 5. The summed E-state index contributed by atoms with van der Waals surface area (Å²) in [7, 11) is 0. The molecule has 2 aromatic carbocycles. The highest BCUT2D eigenvalue weighted by Crippen LogP contribution is 2.43. The molecule has 8 heteroatoms. The van der Waals surface area contributed by atoms with Crippen molar-refractivity contribution >= 4 is 22.6 Å². The Morgan fingerprint density at radius 2 is 1.94 bits per heavy atom. The van der Waals surface area contributed by atoms with Gasteiger partial charge in [-0.3, -0.25) is 9.59 Å². The van der Waals surface area contributed by atoms with E-state index in [4.69, 9.17) is 10.8 Å². The fourth-order valence-electron chi connectivity index (χ4n) is 4.45. The first-order valence-electron chi connectivity index (χ1n) is 11.5. The molecule has 5 rings (SSSR count). The molecule has 1 aliphatic carbocycles. The Morgan fingerprint density at radius 3 is 2.65 bits per heavy atom. The van der Waals surface area contributed by atoms with E-state index >= 15 is 0 Å². The second-order valence-corrected chi connectivity index (χ2v) is 9.25. The molecule has 0 spiro atoms. The Balaban J connectivity index is 1.42. The number of amides is 1. The molecule has 1 amide bonds. The van der Waals surface area contributed by atoms with Crippen LogP contribution >= 0.6 is 0 Å². The minimum absolute atomic E-state index is 0.0971. The quantitative estimate of drug-likeness (QED) is 0.408. The number of aromatic amines is 1. The Kier molecular flexibility index (Phi) is 5.43. The lowest BCUT2D eigenvalue weighted by atomic mass is 10.00. The van der Waals surface area contributed by atoms with E-state index in [2.05, 4.69) is 22.4 Å². The lowest BCUT2D eigenvalue weighted by molar-refractivity contribution is 0.0950. The number of aryl methyl sites for hydroxylation is 2. The van der Waals surface area contributed by atoms with Gasteiger partial charge in [0.25, 0.3) is 11.5 Å². The van der Waals surface area contributed by atoms with Crippen LogP contribution in [0.3, 0.4) is 0 Å². The number of anilines is 1. The molecule has 0 saturated heterocycles. The number of nitrogens with two attached hydrogens (primary N) is 1. The Bertz CT molecular complexity index is 1450. The molecule has 0 aliphatic heterocycles. The van der Waals surface area contributed by atoms with Gasteiger partial charge < -0.3 is 11.1 Å². The second kappa shape index (κ2) is 8.44. The highest BCUT2D eigenvalue weighted by molar-refractivity contribution is 5.95. The maximum Gasteiger partial charge on any atom is 0.275 e. The minimum atomic E-state index is -0.274. The molecule has 4 N–H and O–H groups in total. The highest BCUT2D eigenvalue weighted by Gasteiger charge is 2.33. The molecular formula is C26H28N6O2. The number of nitrogen functional groups attached to an aromatic ring is 1. The average molecular weight is 457 g/mol. The van der Waals surface area contributed by atoms with Crippen LogP contribution in [-0.4, -0.2) is 25.9 Å². The Hall–Kier alpha value is -3.94. The van der Waals surface area contributed by atoms with Crippen molar-refractivity contribution in [1.82, 2.24) is 25.3 Å². The molecule has 1 aliphatic rings. The smallest absolute Gasteiger partial charge is 0.275 e. The van der Waals surface area contributed by atoms with Gasteiger partial charge in [-0.15, -0.1) is 0 Å². The molecule has 2 heterocycles. The number of rotatable bonds is 6. The first-order valence-corrected chi connectivity index (χ1v) is 11.5. The first-order chi connectivity index (χ1) is 16.3. The first kappa shape index (κ1) is 21.9. The van der Waals surface area contributed by atoms with Crippen molar-refractivity contribution in [3.63, 3.8) is 0 Å². The molecule has 1 saturated carbocycles. The van der Waals surface area contributed by atoms with Crippen molar-refractivity contribution in [3.8, 4) is 5.69 Å². The molecule has 2 aromatic heterocycles. The van der Waals surface area contributed by atoms with Gasteiger partial charge in [-0.25, -0.2) is 9.78 Å². The van der Waals surface area contributed by atoms with E-state index < -0.39 is 0 Å². The van der Waals surface area contributed by atoms with Gasteiger partial charge in [0.05, 0.1) is 16.8 Å². The van der Waals surface area contributed by atoms with Gasteiger partial charge in [-0.2, -0.15) is 10.2 Å². The predicted molar refractivity (Wildman–Crippen MR) is 132 cm³/mol. The van der Waals surface area contributed by atoms with Crippen molar-refractivity contribution in [3.05, 3.63) is 80.8 Å². The number of carbonyl (C=O) groups is 1. The lowest BCUT2D eigenvalue weighted by Gasteiger charge is -2.10. The van der Waals surface area contributed by atoms with E-state index in [-0.39, 0.29) is 23.2 Å². The highest BCUT2D eigenvalue weighted by atomic mass is 16.1. The number of carbonyl (C=O) groups excluding carboxylic acids is 1. The fraction of sp³-hybridized carbons (Fsp3) is 0.308. The second-order valence-electron chi connectivity index (χ2n) is 9.25. The zero-order chi connectivity index (χ0) is 24.0. The van der Waals surface area contributed by atoms with E-state index in [1.165, 1.54) is 0 Å². The van der Waals surface area contributed by atoms with Gasteiger partial charge in [0.1, 0.15) is 5.52 Å². The maximum absolute atomic E-state index is 12.6. The van der Waals surface area contributed by atoms with Crippen LogP contribution in [0.4, 0.5) is 5.82 Å². The molecule has 1 atom stereocenters. The van der Waals surface area contributed by atoms with E-state index in [0.717, 1.165) is 40.9 Å². The molecule has 174 valence electrons. The third kappa shape index (κ3) is 3.96. The SMILES string of the molecule is Cc1ccc(C)c(C(=O)NCc2ccc(-n3nc(C(C)C4CC4)c4c(=O)[nH]nc(N)c43)cc2)c1. The lowest BCUT2D eigenvalue weighted by Crippen LogP contribution is -2.23. The molecule has 4 aromatic rings. The molecular weight excluding hydrogens is 428 g/mol. The molecule has 34 heavy (non-hydrogen) atoms. The summed E-state index contributed by atoms with van der Waals surface area (Å²) in [6.45, 7) is 6.42. The minimum Gasteiger partial charge on any atom is -0.380 e. The van der Waals surface area contributed by atoms with Crippen LogP contribution in [-0.2, 0) is 6.54 Å². The van der Waals surface area contributed by atoms with Crippen LogP contribution in [0.5, 0.6) is 0 Å². The number of nitrogens with zero attached hydrogens (tertiary/aromatic N) is 3. The Morgan fingerprint density at radius 1 is 1.21 bits per heavy atom. The third-order valence-corrected chi connectivity index (χ3v) is 6.69. The summed E-state index contributed by atoms with van der Waals surface area (Å²) in [5.74, 6) is 0.857. The topological polar surface area (TPSA) is 119 Å². The van der Waals surface area contributed by atoms with Gasteiger partial charge in [0.15, 0.2) is 5.82 Å². The summed E-state index contributed by atoms with van der Waals surface area (Å²) in [6.07, 6.45) is 2.30. The zero-order valence-electron chi connectivity index (χ0n) is 19.6. The van der Waals surface area contributed by atoms with Gasteiger partial charge >= 0.3 is 0 Å². The van der Waals surface area contributed by atoms with Crippen LogP contribution in [0.15, 0.2) is 47.3 Å². The van der Waals surface area contributed by atoms with E-state index in [1.54, 1.807) is 4.68 Å². The monoisotopic (exact) mass is 456 g/mol. The zero-order valence-corrected chi connectivity index (χ0v) is 19.6. The van der Waals surface area contributed by atoms with Gasteiger partial charge in [0, 0.05) is 18.0 Å². The fourth-order valence-corrected chi connectivity index (χ4v) is 4.45. The summed E-state index contributed by atoms with van der Waals surface area (Å²) in [6, 6.07) is 13.6. The number of H-pyrrole nitrogens is 1.